The van der Waals surface area contributed by atoms with E-state index in [1.165, 1.54) is 0 Å². The lowest BCUT2D eigenvalue weighted by Crippen LogP contribution is -2.56. The second-order valence-electron chi connectivity index (χ2n) is 7.89. The Balaban J connectivity index is 2.10. The second-order valence-corrected chi connectivity index (χ2v) is 7.89. The normalized spacial score (nSPS) is 16.9. The first-order chi connectivity index (χ1) is 12.6. The molecule has 0 saturated heterocycles. The van der Waals surface area contributed by atoms with Crippen molar-refractivity contribution in [3.05, 3.63) is 22.0 Å². The fourth-order valence-corrected chi connectivity index (χ4v) is 3.19. The van der Waals surface area contributed by atoms with Crippen LogP contribution in [0.25, 0.3) is 0 Å². The highest BCUT2D eigenvalue weighted by atomic mass is 16.6. The van der Waals surface area contributed by atoms with Crippen LogP contribution in [0.5, 0.6) is 0 Å². The number of ether oxygens (including phenoxy) is 1. The molecular formula is C17H27N5O5. The lowest BCUT2D eigenvalue weighted by atomic mass is 9.90. The van der Waals surface area contributed by atoms with Gasteiger partial charge in [-0.25, -0.2) is 4.79 Å². The van der Waals surface area contributed by atoms with Crippen LogP contribution in [0.15, 0.2) is 6.20 Å². The van der Waals surface area contributed by atoms with Crippen LogP contribution in [0.2, 0.25) is 0 Å². The maximum atomic E-state index is 12.4. The predicted molar refractivity (Wildman–Crippen MR) is 97.4 cm³/mol. The van der Waals surface area contributed by atoms with Gasteiger partial charge in [0.1, 0.15) is 11.8 Å². The molecule has 3 N–H and O–H groups in total. The van der Waals surface area contributed by atoms with E-state index in [4.69, 9.17) is 4.74 Å². The van der Waals surface area contributed by atoms with Crippen molar-refractivity contribution >= 4 is 17.7 Å². The summed E-state index contributed by atoms with van der Waals surface area (Å²) in [4.78, 5) is 35.0. The minimum atomic E-state index is -0.668. The Kier molecular flexibility index (Phi) is 6.40. The van der Waals surface area contributed by atoms with E-state index in [0.29, 0.717) is 12.8 Å². The molecule has 0 aromatic carbocycles. The van der Waals surface area contributed by atoms with Crippen molar-refractivity contribution in [3.8, 4) is 0 Å². The van der Waals surface area contributed by atoms with E-state index in [9.17, 15) is 19.7 Å². The number of amides is 2. The van der Waals surface area contributed by atoms with E-state index < -0.39 is 28.1 Å². The van der Waals surface area contributed by atoms with Gasteiger partial charge in [-0.15, -0.1) is 0 Å². The highest BCUT2D eigenvalue weighted by Gasteiger charge is 2.35. The Hall–Kier alpha value is -2.65. The van der Waals surface area contributed by atoms with Crippen LogP contribution in [0.4, 0.5) is 10.5 Å². The lowest BCUT2D eigenvalue weighted by molar-refractivity contribution is -0.385. The summed E-state index contributed by atoms with van der Waals surface area (Å²) in [6, 6.07) is 0. The molecule has 1 aromatic rings. The van der Waals surface area contributed by atoms with Gasteiger partial charge in [-0.05, 0) is 33.6 Å². The number of nitro groups is 1. The molecule has 0 radical (unpaired) electrons. The Morgan fingerprint density at radius 1 is 1.30 bits per heavy atom. The van der Waals surface area contributed by atoms with Crippen LogP contribution in [0.3, 0.4) is 0 Å². The van der Waals surface area contributed by atoms with Crippen LogP contribution in [0, 0.1) is 10.1 Å². The molecule has 0 bridgehead atoms. The number of hydrogen-bond donors (Lipinski definition) is 3. The fraction of sp³-hybridized carbons (Fsp3) is 0.706. The molecule has 0 unspecified atom stereocenters. The van der Waals surface area contributed by atoms with E-state index in [-0.39, 0.29) is 17.9 Å². The van der Waals surface area contributed by atoms with Gasteiger partial charge in [-0.3, -0.25) is 20.0 Å². The maximum absolute atomic E-state index is 12.4. The molecule has 1 fully saturated rings. The lowest BCUT2D eigenvalue weighted by Gasteiger charge is -2.35. The van der Waals surface area contributed by atoms with Crippen molar-refractivity contribution in [2.45, 2.75) is 70.4 Å². The van der Waals surface area contributed by atoms with Crippen LogP contribution >= 0.6 is 0 Å². The van der Waals surface area contributed by atoms with Gasteiger partial charge in [0.2, 0.25) is 5.69 Å². The molecule has 10 nitrogen and oxygen atoms in total. The molecule has 1 saturated carbocycles. The molecule has 10 heteroatoms. The van der Waals surface area contributed by atoms with Gasteiger partial charge in [-0.2, -0.15) is 5.10 Å². The third-order valence-corrected chi connectivity index (χ3v) is 4.46. The van der Waals surface area contributed by atoms with Crippen LogP contribution in [-0.4, -0.2) is 44.8 Å². The van der Waals surface area contributed by atoms with E-state index in [0.717, 1.165) is 31.9 Å². The molecule has 1 aromatic heterocycles. The van der Waals surface area contributed by atoms with Crippen molar-refractivity contribution in [1.82, 2.24) is 20.8 Å². The van der Waals surface area contributed by atoms with Gasteiger partial charge >= 0.3 is 11.8 Å². The zero-order valence-electron chi connectivity index (χ0n) is 16.0. The van der Waals surface area contributed by atoms with Gasteiger partial charge in [0.25, 0.3) is 5.91 Å². The van der Waals surface area contributed by atoms with Gasteiger partial charge in [0, 0.05) is 6.54 Å². The van der Waals surface area contributed by atoms with E-state index in [2.05, 4.69) is 20.8 Å². The number of nitrogens with one attached hydrogen (secondary N) is 3. The smallest absolute Gasteiger partial charge is 0.408 e. The van der Waals surface area contributed by atoms with Crippen molar-refractivity contribution in [2.75, 3.05) is 6.54 Å². The highest BCUT2D eigenvalue weighted by Crippen LogP contribution is 2.27. The fourth-order valence-electron chi connectivity index (χ4n) is 3.19. The molecule has 1 heterocycles. The third-order valence-electron chi connectivity index (χ3n) is 4.46. The number of aromatic amines is 1. The number of alkyl carbamates (subject to hydrolysis) is 1. The van der Waals surface area contributed by atoms with Gasteiger partial charge in [0.15, 0.2) is 0 Å². The zero-order valence-corrected chi connectivity index (χ0v) is 16.0. The summed E-state index contributed by atoms with van der Waals surface area (Å²) < 4.78 is 5.37. The SMILES string of the molecule is CC(C)(C)OC(=O)NC1(CNC(=O)c2[nH]ncc2[N+](=O)[O-])CCCCCC1. The number of nitrogens with zero attached hydrogens (tertiary/aromatic N) is 2. The summed E-state index contributed by atoms with van der Waals surface area (Å²) in [5.74, 6) is -0.631. The predicted octanol–water partition coefficient (Wildman–Crippen LogP) is 2.67. The van der Waals surface area contributed by atoms with Crippen molar-refractivity contribution in [1.29, 1.82) is 0 Å². The van der Waals surface area contributed by atoms with Crippen molar-refractivity contribution < 1.29 is 19.2 Å². The minimum absolute atomic E-state index is 0.154. The van der Waals surface area contributed by atoms with Crippen LogP contribution in [0.1, 0.15) is 69.8 Å². The number of H-pyrrole nitrogens is 1. The van der Waals surface area contributed by atoms with Gasteiger partial charge in [-0.1, -0.05) is 25.7 Å². The highest BCUT2D eigenvalue weighted by molar-refractivity contribution is 5.96. The van der Waals surface area contributed by atoms with Crippen LogP contribution in [-0.2, 0) is 4.74 Å². The monoisotopic (exact) mass is 381 g/mol. The van der Waals surface area contributed by atoms with Gasteiger partial charge < -0.3 is 15.4 Å². The zero-order chi connectivity index (χ0) is 20.1. The molecule has 2 amide bonds. The molecule has 0 aliphatic heterocycles. The number of carbonyl (C=O) groups is 2. The summed E-state index contributed by atoms with van der Waals surface area (Å²) >= 11 is 0. The Morgan fingerprint density at radius 3 is 2.48 bits per heavy atom. The molecule has 150 valence electrons. The first-order valence-corrected chi connectivity index (χ1v) is 9.09. The van der Waals surface area contributed by atoms with E-state index >= 15 is 0 Å². The van der Waals surface area contributed by atoms with E-state index in [1.807, 2.05) is 0 Å². The number of hydrogen-bond acceptors (Lipinski definition) is 6. The maximum Gasteiger partial charge on any atom is 0.408 e. The summed E-state index contributed by atoms with van der Waals surface area (Å²) in [6.45, 7) is 5.50. The van der Waals surface area contributed by atoms with Crippen LogP contribution < -0.4 is 10.6 Å². The van der Waals surface area contributed by atoms with Crippen molar-refractivity contribution in [2.24, 2.45) is 0 Å². The summed E-state index contributed by atoms with van der Waals surface area (Å²) in [6.07, 6.45) is 5.78. The largest absolute Gasteiger partial charge is 0.444 e. The number of rotatable bonds is 5. The molecule has 2 rings (SSSR count). The molecule has 0 spiro atoms. The molecular weight excluding hydrogens is 354 g/mol. The molecule has 0 atom stereocenters. The van der Waals surface area contributed by atoms with E-state index in [1.54, 1.807) is 20.8 Å². The summed E-state index contributed by atoms with van der Waals surface area (Å²) in [5, 5.41) is 22.5. The summed E-state index contributed by atoms with van der Waals surface area (Å²) in [7, 11) is 0. The molecule has 27 heavy (non-hydrogen) atoms. The second kappa shape index (κ2) is 8.36. The van der Waals surface area contributed by atoms with Crippen molar-refractivity contribution in [3.63, 3.8) is 0 Å². The molecule has 1 aliphatic rings. The Morgan fingerprint density at radius 2 is 1.93 bits per heavy atom. The topological polar surface area (TPSA) is 139 Å². The Bertz CT molecular complexity index is 686. The van der Waals surface area contributed by atoms with Gasteiger partial charge in [0.05, 0.1) is 10.5 Å². The molecule has 1 aliphatic carbocycles. The quantitative estimate of drug-likeness (QED) is 0.407. The average molecular weight is 381 g/mol. The minimum Gasteiger partial charge on any atom is -0.444 e. The first-order valence-electron chi connectivity index (χ1n) is 9.09. The summed E-state index contributed by atoms with van der Waals surface area (Å²) in [5.41, 5.74) is -1.87. The number of aromatic nitrogens is 2. The Labute approximate surface area is 157 Å². The average Bonchev–Trinajstić information content (AvgIpc) is 2.93. The third kappa shape index (κ3) is 5.93. The number of carbonyl (C=O) groups excluding carboxylic acids is 2. The standard InChI is InChI=1S/C17H27N5O5/c1-16(2,3)27-15(24)20-17(8-6-4-5-7-9-17)11-18-14(23)13-12(22(25)26)10-19-21-13/h10H,4-9,11H2,1-3H3,(H,18,23)(H,19,21)(H,20,24). The first kappa shape index (κ1) is 20.7.